The number of hydrogen-bond acceptors (Lipinski definition) is 4. The molecule has 4 heteroatoms. The summed E-state index contributed by atoms with van der Waals surface area (Å²) < 4.78 is 10.5. The average molecular weight is 308 g/mol. The minimum atomic E-state index is -0.442. The second kappa shape index (κ2) is 5.72. The number of fused-ring (bicyclic) bond motifs is 1. The van der Waals surface area contributed by atoms with Crippen LogP contribution < -0.4 is 10.4 Å². The molecular weight excluding hydrogens is 292 g/mol. The van der Waals surface area contributed by atoms with Crippen LogP contribution in [0.3, 0.4) is 0 Å². The van der Waals surface area contributed by atoms with Crippen LogP contribution in [0.4, 0.5) is 0 Å². The van der Waals surface area contributed by atoms with Gasteiger partial charge in [0.05, 0.1) is 5.56 Å². The van der Waals surface area contributed by atoms with E-state index in [4.69, 9.17) is 9.15 Å². The van der Waals surface area contributed by atoms with Crippen LogP contribution in [0.15, 0.2) is 51.7 Å². The molecule has 116 valence electrons. The van der Waals surface area contributed by atoms with Crippen LogP contribution in [0, 0.1) is 20.8 Å². The predicted octanol–water partition coefficient (Wildman–Crippen LogP) is 3.94. The van der Waals surface area contributed by atoms with E-state index in [9.17, 15) is 9.59 Å². The Labute approximate surface area is 133 Å². The van der Waals surface area contributed by atoms with E-state index in [1.165, 1.54) is 6.07 Å². The zero-order chi connectivity index (χ0) is 16.6. The SMILES string of the molecule is Cc1ccc(C(=O)Oc2ccc3c(C)cc(=O)oc3c2)cc1C. The average Bonchev–Trinajstić information content (AvgIpc) is 2.49. The second-order valence-electron chi connectivity index (χ2n) is 5.59. The molecule has 0 saturated carbocycles. The lowest BCUT2D eigenvalue weighted by atomic mass is 10.1. The summed E-state index contributed by atoms with van der Waals surface area (Å²) in [5, 5.41) is 0.815. The number of ether oxygens (including phenoxy) is 1. The smallest absolute Gasteiger partial charge is 0.343 e. The van der Waals surface area contributed by atoms with Crippen molar-refractivity contribution < 1.29 is 13.9 Å². The van der Waals surface area contributed by atoms with Gasteiger partial charge < -0.3 is 9.15 Å². The number of aryl methyl sites for hydroxylation is 3. The summed E-state index contributed by atoms with van der Waals surface area (Å²) >= 11 is 0. The van der Waals surface area contributed by atoms with Gasteiger partial charge in [-0.25, -0.2) is 9.59 Å². The largest absolute Gasteiger partial charge is 0.423 e. The van der Waals surface area contributed by atoms with Crippen LogP contribution in [0.25, 0.3) is 11.0 Å². The Kier molecular flexibility index (Phi) is 3.74. The molecule has 2 aromatic carbocycles. The zero-order valence-electron chi connectivity index (χ0n) is 13.2. The van der Waals surface area contributed by atoms with E-state index in [-0.39, 0.29) is 0 Å². The van der Waals surface area contributed by atoms with Gasteiger partial charge in [0.2, 0.25) is 0 Å². The number of esters is 1. The van der Waals surface area contributed by atoms with E-state index < -0.39 is 11.6 Å². The van der Waals surface area contributed by atoms with Crippen LogP contribution in [-0.2, 0) is 0 Å². The first-order valence-corrected chi connectivity index (χ1v) is 7.28. The van der Waals surface area contributed by atoms with E-state index in [0.717, 1.165) is 22.1 Å². The van der Waals surface area contributed by atoms with Gasteiger partial charge in [-0.1, -0.05) is 6.07 Å². The molecule has 0 spiro atoms. The molecular formula is C19H16O4. The highest BCUT2D eigenvalue weighted by Crippen LogP contribution is 2.23. The zero-order valence-corrected chi connectivity index (χ0v) is 13.2. The second-order valence-corrected chi connectivity index (χ2v) is 5.59. The quantitative estimate of drug-likeness (QED) is 0.409. The summed E-state index contributed by atoms with van der Waals surface area (Å²) in [6.45, 7) is 5.76. The van der Waals surface area contributed by atoms with Gasteiger partial charge in [-0.15, -0.1) is 0 Å². The molecule has 3 rings (SSSR count). The molecule has 23 heavy (non-hydrogen) atoms. The number of carbonyl (C=O) groups is 1. The van der Waals surface area contributed by atoms with Crippen LogP contribution in [-0.4, -0.2) is 5.97 Å². The Hall–Kier alpha value is -2.88. The number of hydrogen-bond donors (Lipinski definition) is 0. The summed E-state index contributed by atoms with van der Waals surface area (Å²) in [7, 11) is 0. The molecule has 0 aliphatic rings. The summed E-state index contributed by atoms with van der Waals surface area (Å²) in [5.41, 5.74) is 3.43. The van der Waals surface area contributed by atoms with E-state index >= 15 is 0 Å². The van der Waals surface area contributed by atoms with Gasteiger partial charge in [0.15, 0.2) is 0 Å². The van der Waals surface area contributed by atoms with Crippen molar-refractivity contribution in [2.24, 2.45) is 0 Å². The first kappa shape index (κ1) is 15.0. The van der Waals surface area contributed by atoms with Gasteiger partial charge in [-0.3, -0.25) is 0 Å². The van der Waals surface area contributed by atoms with Crippen molar-refractivity contribution in [1.82, 2.24) is 0 Å². The molecule has 1 aromatic heterocycles. The molecule has 0 saturated heterocycles. The van der Waals surface area contributed by atoms with Crippen LogP contribution in [0.1, 0.15) is 27.0 Å². The summed E-state index contributed by atoms with van der Waals surface area (Å²) in [5.74, 6) is -0.100. The maximum Gasteiger partial charge on any atom is 0.343 e. The highest BCUT2D eigenvalue weighted by molar-refractivity contribution is 5.92. The van der Waals surface area contributed by atoms with Crippen molar-refractivity contribution in [3.05, 3.63) is 75.1 Å². The molecule has 3 aromatic rings. The third kappa shape index (κ3) is 3.01. The fourth-order valence-corrected chi connectivity index (χ4v) is 2.40. The van der Waals surface area contributed by atoms with E-state index in [2.05, 4.69) is 0 Å². The van der Waals surface area contributed by atoms with Crippen molar-refractivity contribution in [3.63, 3.8) is 0 Å². The van der Waals surface area contributed by atoms with E-state index in [1.807, 2.05) is 26.8 Å². The Balaban J connectivity index is 1.93. The number of carbonyl (C=O) groups excluding carboxylic acids is 1. The Bertz CT molecular complexity index is 967. The number of benzene rings is 2. The van der Waals surface area contributed by atoms with Crippen molar-refractivity contribution in [2.75, 3.05) is 0 Å². The number of rotatable bonds is 2. The molecule has 0 amide bonds. The Morgan fingerprint density at radius 2 is 1.70 bits per heavy atom. The van der Waals surface area contributed by atoms with E-state index in [0.29, 0.717) is 16.9 Å². The van der Waals surface area contributed by atoms with Gasteiger partial charge in [0.1, 0.15) is 11.3 Å². The molecule has 0 N–H and O–H groups in total. The molecule has 0 aliphatic heterocycles. The molecule has 0 unspecified atom stereocenters. The lowest BCUT2D eigenvalue weighted by molar-refractivity contribution is 0.0735. The molecule has 0 aliphatic carbocycles. The predicted molar refractivity (Wildman–Crippen MR) is 88.1 cm³/mol. The molecule has 4 nitrogen and oxygen atoms in total. The fraction of sp³-hybridized carbons (Fsp3) is 0.158. The first-order valence-electron chi connectivity index (χ1n) is 7.28. The maximum atomic E-state index is 12.2. The summed E-state index contributed by atoms with van der Waals surface area (Å²) in [6, 6.07) is 11.9. The van der Waals surface area contributed by atoms with Crippen molar-refractivity contribution in [1.29, 1.82) is 0 Å². The van der Waals surface area contributed by atoms with Gasteiger partial charge in [0, 0.05) is 17.5 Å². The topological polar surface area (TPSA) is 56.5 Å². The van der Waals surface area contributed by atoms with Gasteiger partial charge >= 0.3 is 11.6 Å². The van der Waals surface area contributed by atoms with Crippen LogP contribution in [0.2, 0.25) is 0 Å². The summed E-state index contributed by atoms with van der Waals surface area (Å²) in [4.78, 5) is 23.7. The first-order chi connectivity index (χ1) is 10.9. The van der Waals surface area contributed by atoms with E-state index in [1.54, 1.807) is 30.3 Å². The Morgan fingerprint density at radius 1 is 0.913 bits per heavy atom. The molecule has 1 heterocycles. The molecule has 0 atom stereocenters. The highest BCUT2D eigenvalue weighted by atomic mass is 16.5. The van der Waals surface area contributed by atoms with Gasteiger partial charge in [-0.05, 0) is 61.7 Å². The van der Waals surface area contributed by atoms with Crippen molar-refractivity contribution in [3.8, 4) is 5.75 Å². The third-order valence-electron chi connectivity index (χ3n) is 3.88. The molecule has 0 fully saturated rings. The summed E-state index contributed by atoms with van der Waals surface area (Å²) in [6.07, 6.45) is 0. The normalized spacial score (nSPS) is 10.7. The van der Waals surface area contributed by atoms with Gasteiger partial charge in [0.25, 0.3) is 0 Å². The van der Waals surface area contributed by atoms with Gasteiger partial charge in [-0.2, -0.15) is 0 Å². The fourth-order valence-electron chi connectivity index (χ4n) is 2.40. The van der Waals surface area contributed by atoms with Crippen LogP contribution in [0.5, 0.6) is 5.75 Å². The lowest BCUT2D eigenvalue weighted by Gasteiger charge is -2.07. The third-order valence-corrected chi connectivity index (χ3v) is 3.88. The maximum absolute atomic E-state index is 12.2. The minimum absolute atomic E-state index is 0.342. The highest BCUT2D eigenvalue weighted by Gasteiger charge is 2.11. The lowest BCUT2D eigenvalue weighted by Crippen LogP contribution is -2.09. The minimum Gasteiger partial charge on any atom is -0.423 e. The van der Waals surface area contributed by atoms with Crippen molar-refractivity contribution >= 4 is 16.9 Å². The molecule has 0 radical (unpaired) electrons. The standard InChI is InChI=1S/C19H16O4/c1-11-4-5-14(8-12(11)2)19(21)22-15-6-7-16-13(3)9-18(20)23-17(16)10-15/h4-10H,1-3H3. The van der Waals surface area contributed by atoms with Crippen molar-refractivity contribution in [2.45, 2.75) is 20.8 Å². The van der Waals surface area contributed by atoms with Crippen LogP contribution >= 0.6 is 0 Å². The molecule has 0 bridgehead atoms. The monoisotopic (exact) mass is 308 g/mol. The Morgan fingerprint density at radius 3 is 2.43 bits per heavy atom.